The fourth-order valence-corrected chi connectivity index (χ4v) is 5.77. The molecule has 0 radical (unpaired) electrons. The van der Waals surface area contributed by atoms with Crippen molar-refractivity contribution in [2.75, 3.05) is 10.8 Å². The highest BCUT2D eigenvalue weighted by atomic mass is 35.5. The third-order valence-electron chi connectivity index (χ3n) is 6.19. The molecule has 3 aromatic rings. The smallest absolute Gasteiger partial charge is 0.264 e. The zero-order chi connectivity index (χ0) is 29.7. The van der Waals surface area contributed by atoms with Crippen LogP contribution in [0.1, 0.15) is 45.2 Å². The lowest BCUT2D eigenvalue weighted by molar-refractivity contribution is -0.141. The molecule has 1 atom stereocenters. The summed E-state index contributed by atoms with van der Waals surface area (Å²) in [4.78, 5) is 28.6. The first kappa shape index (κ1) is 31.1. The van der Waals surface area contributed by atoms with Gasteiger partial charge >= 0.3 is 0 Å². The van der Waals surface area contributed by atoms with Crippen LogP contribution in [-0.4, -0.2) is 43.3 Å². The number of hydrogen-bond acceptors (Lipinski definition) is 4. The number of aryl methyl sites for hydroxylation is 1. The quantitative estimate of drug-likeness (QED) is 0.329. The average Bonchev–Trinajstić information content (AvgIpc) is 2.88. The van der Waals surface area contributed by atoms with Crippen molar-refractivity contribution in [3.05, 3.63) is 94.8 Å². The lowest BCUT2D eigenvalue weighted by Gasteiger charge is -2.35. The van der Waals surface area contributed by atoms with E-state index in [4.69, 9.17) is 11.6 Å². The van der Waals surface area contributed by atoms with E-state index in [2.05, 4.69) is 5.32 Å². The lowest BCUT2D eigenvalue weighted by atomic mass is 10.1. The first-order valence-corrected chi connectivity index (χ1v) is 14.7. The zero-order valence-corrected chi connectivity index (χ0v) is 24.9. The van der Waals surface area contributed by atoms with E-state index in [0.717, 1.165) is 34.1 Å². The normalized spacial score (nSPS) is 12.5. The van der Waals surface area contributed by atoms with Crippen LogP contribution in [-0.2, 0) is 26.2 Å². The summed E-state index contributed by atoms with van der Waals surface area (Å²) in [7, 11) is -4.28. The SMILES string of the molecule is CCC(C(=O)NC(C)(C)C)N(Cc1ccccc1Cl)C(=O)CN(c1ccc(C)cc1)S(=O)(=O)c1ccc(F)cc1. The molecule has 40 heavy (non-hydrogen) atoms. The van der Waals surface area contributed by atoms with Gasteiger partial charge in [-0.05, 0) is 82.1 Å². The van der Waals surface area contributed by atoms with Crippen LogP contribution < -0.4 is 9.62 Å². The highest BCUT2D eigenvalue weighted by molar-refractivity contribution is 7.92. The molecule has 3 rings (SSSR count). The fraction of sp³-hybridized carbons (Fsp3) is 0.333. The van der Waals surface area contributed by atoms with E-state index in [1.807, 2.05) is 27.7 Å². The summed E-state index contributed by atoms with van der Waals surface area (Å²) in [6.07, 6.45) is 0.285. The maximum atomic E-state index is 14.0. The van der Waals surface area contributed by atoms with Gasteiger partial charge in [-0.15, -0.1) is 0 Å². The number of nitrogens with zero attached hydrogens (tertiary/aromatic N) is 2. The van der Waals surface area contributed by atoms with Crippen LogP contribution in [0.2, 0.25) is 5.02 Å². The first-order valence-electron chi connectivity index (χ1n) is 12.9. The number of carbonyl (C=O) groups is 2. The Morgan fingerprint density at radius 2 is 1.57 bits per heavy atom. The molecule has 7 nitrogen and oxygen atoms in total. The van der Waals surface area contributed by atoms with E-state index in [0.29, 0.717) is 10.6 Å². The summed E-state index contributed by atoms with van der Waals surface area (Å²) >= 11 is 6.41. The number of sulfonamides is 1. The van der Waals surface area contributed by atoms with Crippen molar-refractivity contribution >= 4 is 39.1 Å². The van der Waals surface area contributed by atoms with Gasteiger partial charge in [-0.3, -0.25) is 13.9 Å². The summed E-state index contributed by atoms with van der Waals surface area (Å²) in [5.41, 5.74) is 1.22. The van der Waals surface area contributed by atoms with Crippen LogP contribution in [0, 0.1) is 12.7 Å². The van der Waals surface area contributed by atoms with Crippen molar-refractivity contribution < 1.29 is 22.4 Å². The molecule has 0 bridgehead atoms. The first-order chi connectivity index (χ1) is 18.7. The van der Waals surface area contributed by atoms with Gasteiger partial charge in [0, 0.05) is 17.1 Å². The molecule has 214 valence electrons. The van der Waals surface area contributed by atoms with E-state index in [1.165, 1.54) is 4.90 Å². The Kier molecular flexibility index (Phi) is 9.97. The van der Waals surface area contributed by atoms with E-state index >= 15 is 0 Å². The molecule has 0 aromatic heterocycles. The van der Waals surface area contributed by atoms with Crippen molar-refractivity contribution in [3.8, 4) is 0 Å². The lowest BCUT2D eigenvalue weighted by Crippen LogP contribution is -2.55. The molecule has 0 fully saturated rings. The molecule has 1 unspecified atom stereocenters. The number of nitrogens with one attached hydrogen (secondary N) is 1. The number of benzene rings is 3. The molecule has 1 N–H and O–H groups in total. The van der Waals surface area contributed by atoms with Crippen LogP contribution in [0.15, 0.2) is 77.7 Å². The molecule has 3 aromatic carbocycles. The Balaban J connectivity index is 2.08. The molecule has 0 saturated heterocycles. The molecule has 0 aliphatic rings. The second-order valence-corrected chi connectivity index (χ2v) is 12.8. The number of halogens is 2. The van der Waals surface area contributed by atoms with Gasteiger partial charge in [0.25, 0.3) is 10.0 Å². The fourth-order valence-electron chi connectivity index (χ4n) is 4.16. The van der Waals surface area contributed by atoms with Gasteiger partial charge < -0.3 is 10.2 Å². The monoisotopic (exact) mass is 587 g/mol. The van der Waals surface area contributed by atoms with Crippen molar-refractivity contribution in [2.45, 2.75) is 64.1 Å². The maximum absolute atomic E-state index is 14.0. The van der Waals surface area contributed by atoms with E-state index in [1.54, 1.807) is 55.5 Å². The second kappa shape index (κ2) is 12.8. The molecule has 2 amide bonds. The Morgan fingerprint density at radius 3 is 2.12 bits per heavy atom. The Hall–Kier alpha value is -3.43. The van der Waals surface area contributed by atoms with Gasteiger partial charge in [-0.25, -0.2) is 12.8 Å². The molecule has 0 aliphatic carbocycles. The Bertz CT molecular complexity index is 1440. The summed E-state index contributed by atoms with van der Waals surface area (Å²) in [5.74, 6) is -1.54. The third kappa shape index (κ3) is 7.82. The molecule has 0 spiro atoms. The summed E-state index contributed by atoms with van der Waals surface area (Å²) in [6, 6.07) is 17.2. The third-order valence-corrected chi connectivity index (χ3v) is 8.34. The van der Waals surface area contributed by atoms with Gasteiger partial charge in [0.1, 0.15) is 18.4 Å². The standard InChI is InChI=1S/C30H35ClFN3O4S/c1-6-27(29(37)33-30(3,4)5)34(19-22-9-7-8-10-26(22)31)28(36)20-35(24-15-11-21(2)12-16-24)40(38,39)25-17-13-23(32)14-18-25/h7-18,27H,6,19-20H2,1-5H3,(H,33,37). The van der Waals surface area contributed by atoms with E-state index in [-0.39, 0.29) is 29.5 Å². The van der Waals surface area contributed by atoms with Crippen molar-refractivity contribution in [3.63, 3.8) is 0 Å². The predicted molar refractivity (Wildman–Crippen MR) is 156 cm³/mol. The van der Waals surface area contributed by atoms with Gasteiger partial charge in [0.05, 0.1) is 10.6 Å². The Morgan fingerprint density at radius 1 is 0.975 bits per heavy atom. The second-order valence-electron chi connectivity index (χ2n) is 10.6. The number of hydrogen-bond donors (Lipinski definition) is 1. The minimum atomic E-state index is -4.28. The van der Waals surface area contributed by atoms with Crippen LogP contribution >= 0.6 is 11.6 Å². The molecular weight excluding hydrogens is 553 g/mol. The van der Waals surface area contributed by atoms with E-state index < -0.39 is 39.9 Å². The molecule has 0 saturated carbocycles. The van der Waals surface area contributed by atoms with Crippen molar-refractivity contribution in [1.29, 1.82) is 0 Å². The van der Waals surface area contributed by atoms with Crippen LogP contribution in [0.4, 0.5) is 10.1 Å². The number of carbonyl (C=O) groups excluding carboxylic acids is 2. The molecule has 0 aliphatic heterocycles. The van der Waals surface area contributed by atoms with Crippen molar-refractivity contribution in [2.24, 2.45) is 0 Å². The van der Waals surface area contributed by atoms with Crippen LogP contribution in [0.5, 0.6) is 0 Å². The largest absolute Gasteiger partial charge is 0.350 e. The van der Waals surface area contributed by atoms with E-state index in [9.17, 15) is 22.4 Å². The minimum absolute atomic E-state index is 0.00703. The highest BCUT2D eigenvalue weighted by Gasteiger charge is 2.34. The van der Waals surface area contributed by atoms with Gasteiger partial charge in [-0.2, -0.15) is 0 Å². The highest BCUT2D eigenvalue weighted by Crippen LogP contribution is 2.26. The topological polar surface area (TPSA) is 86.8 Å². The summed E-state index contributed by atoms with van der Waals surface area (Å²) < 4.78 is 42.2. The predicted octanol–water partition coefficient (Wildman–Crippen LogP) is 5.70. The number of rotatable bonds is 10. The molecule has 10 heteroatoms. The average molecular weight is 588 g/mol. The number of amides is 2. The minimum Gasteiger partial charge on any atom is -0.350 e. The Labute approximate surface area is 241 Å². The van der Waals surface area contributed by atoms with Crippen molar-refractivity contribution in [1.82, 2.24) is 10.2 Å². The molecule has 0 heterocycles. The van der Waals surface area contributed by atoms with Gasteiger partial charge in [0.2, 0.25) is 11.8 Å². The summed E-state index contributed by atoms with van der Waals surface area (Å²) in [5, 5.41) is 3.34. The number of anilines is 1. The maximum Gasteiger partial charge on any atom is 0.264 e. The van der Waals surface area contributed by atoms with Gasteiger partial charge in [0.15, 0.2) is 0 Å². The zero-order valence-electron chi connectivity index (χ0n) is 23.3. The molecular formula is C30H35ClFN3O4S. The van der Waals surface area contributed by atoms with Gasteiger partial charge in [-0.1, -0.05) is 54.4 Å². The van der Waals surface area contributed by atoms with Crippen LogP contribution in [0.25, 0.3) is 0 Å². The summed E-state index contributed by atoms with van der Waals surface area (Å²) in [6.45, 7) is 8.57. The van der Waals surface area contributed by atoms with Crippen LogP contribution in [0.3, 0.4) is 0 Å².